The topological polar surface area (TPSA) is 103 Å². The summed E-state index contributed by atoms with van der Waals surface area (Å²) in [6.45, 7) is 3.43. The number of nitrogens with zero attached hydrogens (tertiary/aromatic N) is 1. The first-order valence-electron chi connectivity index (χ1n) is 9.02. The maximum absolute atomic E-state index is 12.4. The number of carbonyl (C=O) groups is 2. The summed E-state index contributed by atoms with van der Waals surface area (Å²) < 4.78 is 15.4. The van der Waals surface area contributed by atoms with Crippen LogP contribution in [0.25, 0.3) is 11.3 Å². The summed E-state index contributed by atoms with van der Waals surface area (Å²) >= 11 is 6.16. The minimum Gasteiger partial charge on any atom is -0.453 e. The van der Waals surface area contributed by atoms with Gasteiger partial charge in [-0.25, -0.2) is 9.59 Å². The molecule has 9 heteroatoms. The molecule has 0 saturated carbocycles. The average molecular weight is 430 g/mol. The molecule has 0 spiro atoms. The van der Waals surface area contributed by atoms with E-state index in [0.717, 1.165) is 0 Å². The molecular weight excluding hydrogens is 410 g/mol. The van der Waals surface area contributed by atoms with Crippen molar-refractivity contribution < 1.29 is 23.6 Å². The van der Waals surface area contributed by atoms with Gasteiger partial charge < -0.3 is 14.0 Å². The zero-order valence-electron chi connectivity index (χ0n) is 16.6. The third-order valence-corrected chi connectivity index (χ3v) is 4.64. The summed E-state index contributed by atoms with van der Waals surface area (Å²) in [4.78, 5) is 23.7. The van der Waals surface area contributed by atoms with Crippen molar-refractivity contribution in [2.75, 3.05) is 17.7 Å². The lowest BCUT2D eigenvalue weighted by Crippen LogP contribution is -2.17. The Labute approximate surface area is 178 Å². The standard InChI is InChI=1S/C21H20ClN3O5/c1-12-18(24-21(27)29-13(2)16-6-4-5-7-17(16)22)19(30-25-12)14-8-10-15(11-9-14)23-20(26)28-3/h4-11,13H,1-3H3,(H,23,26)(H,24,27). The lowest BCUT2D eigenvalue weighted by Gasteiger charge is -2.15. The van der Waals surface area contributed by atoms with Crippen molar-refractivity contribution >= 4 is 35.2 Å². The molecule has 30 heavy (non-hydrogen) atoms. The summed E-state index contributed by atoms with van der Waals surface area (Å²) in [5, 5.41) is 9.68. The Kier molecular flexibility index (Phi) is 6.58. The molecule has 0 aliphatic heterocycles. The summed E-state index contributed by atoms with van der Waals surface area (Å²) in [5.74, 6) is 0.361. The van der Waals surface area contributed by atoms with Crippen molar-refractivity contribution in [1.29, 1.82) is 0 Å². The van der Waals surface area contributed by atoms with Crippen LogP contribution >= 0.6 is 11.6 Å². The second-order valence-electron chi connectivity index (χ2n) is 6.36. The molecule has 0 aliphatic carbocycles. The predicted octanol–water partition coefficient (Wildman–Crippen LogP) is 5.79. The number of anilines is 2. The number of halogens is 1. The summed E-state index contributed by atoms with van der Waals surface area (Å²) in [7, 11) is 1.28. The molecule has 2 amide bonds. The number of methoxy groups -OCH3 is 1. The number of benzene rings is 2. The Hall–Kier alpha value is -3.52. The van der Waals surface area contributed by atoms with E-state index < -0.39 is 18.3 Å². The largest absolute Gasteiger partial charge is 0.453 e. The van der Waals surface area contributed by atoms with Crippen molar-refractivity contribution in [3.8, 4) is 11.3 Å². The Morgan fingerprint density at radius 1 is 1.07 bits per heavy atom. The third kappa shape index (κ3) is 4.90. The molecule has 8 nitrogen and oxygen atoms in total. The molecule has 1 heterocycles. The van der Waals surface area contributed by atoms with E-state index >= 15 is 0 Å². The normalized spacial score (nSPS) is 11.5. The van der Waals surface area contributed by atoms with E-state index in [2.05, 4.69) is 20.5 Å². The van der Waals surface area contributed by atoms with E-state index in [9.17, 15) is 9.59 Å². The highest BCUT2D eigenvalue weighted by atomic mass is 35.5. The van der Waals surface area contributed by atoms with Crippen LogP contribution in [0.5, 0.6) is 0 Å². The molecule has 0 bridgehead atoms. The number of amides is 2. The monoisotopic (exact) mass is 429 g/mol. The fourth-order valence-electron chi connectivity index (χ4n) is 2.75. The van der Waals surface area contributed by atoms with Crippen LogP contribution in [0.1, 0.15) is 24.3 Å². The van der Waals surface area contributed by atoms with Gasteiger partial charge in [0.1, 0.15) is 17.5 Å². The Balaban J connectivity index is 1.73. The second-order valence-corrected chi connectivity index (χ2v) is 6.77. The van der Waals surface area contributed by atoms with Crippen molar-refractivity contribution in [3.63, 3.8) is 0 Å². The Morgan fingerprint density at radius 2 is 1.77 bits per heavy atom. The van der Waals surface area contributed by atoms with Gasteiger partial charge in [-0.05, 0) is 44.2 Å². The van der Waals surface area contributed by atoms with Gasteiger partial charge in [0, 0.05) is 21.8 Å². The molecule has 156 valence electrons. The smallest absolute Gasteiger partial charge is 0.412 e. The number of ether oxygens (including phenoxy) is 2. The summed E-state index contributed by atoms with van der Waals surface area (Å²) in [5.41, 5.74) is 2.78. The van der Waals surface area contributed by atoms with E-state index in [1.807, 2.05) is 6.07 Å². The van der Waals surface area contributed by atoms with Crippen molar-refractivity contribution in [2.24, 2.45) is 0 Å². The molecular formula is C21H20ClN3O5. The van der Waals surface area contributed by atoms with Crippen LogP contribution in [0.2, 0.25) is 5.02 Å². The second kappa shape index (κ2) is 9.32. The highest BCUT2D eigenvalue weighted by Crippen LogP contribution is 2.32. The first-order valence-corrected chi connectivity index (χ1v) is 9.40. The highest BCUT2D eigenvalue weighted by Gasteiger charge is 2.20. The zero-order valence-corrected chi connectivity index (χ0v) is 17.3. The van der Waals surface area contributed by atoms with E-state index in [0.29, 0.717) is 39.0 Å². The molecule has 0 radical (unpaired) electrons. The average Bonchev–Trinajstić information content (AvgIpc) is 3.08. The zero-order chi connectivity index (χ0) is 21.7. The van der Waals surface area contributed by atoms with Gasteiger partial charge in [0.25, 0.3) is 0 Å². The highest BCUT2D eigenvalue weighted by molar-refractivity contribution is 6.31. The number of aryl methyl sites for hydroxylation is 1. The molecule has 3 aromatic rings. The van der Waals surface area contributed by atoms with Crippen molar-refractivity contribution in [1.82, 2.24) is 5.16 Å². The molecule has 1 unspecified atom stereocenters. The maximum atomic E-state index is 12.4. The number of aromatic nitrogens is 1. The molecule has 2 N–H and O–H groups in total. The Bertz CT molecular complexity index is 1050. The molecule has 1 aromatic heterocycles. The minimum absolute atomic E-state index is 0.361. The molecule has 1 atom stereocenters. The van der Waals surface area contributed by atoms with Crippen LogP contribution in [0.4, 0.5) is 21.0 Å². The molecule has 3 rings (SSSR count). The van der Waals surface area contributed by atoms with E-state index in [1.54, 1.807) is 56.3 Å². The number of rotatable bonds is 5. The number of nitrogens with one attached hydrogen (secondary N) is 2. The fraction of sp³-hybridized carbons (Fsp3) is 0.190. The van der Waals surface area contributed by atoms with E-state index in [1.165, 1.54) is 7.11 Å². The van der Waals surface area contributed by atoms with Crippen LogP contribution < -0.4 is 10.6 Å². The minimum atomic E-state index is -0.668. The summed E-state index contributed by atoms with van der Waals surface area (Å²) in [6, 6.07) is 13.9. The Morgan fingerprint density at radius 3 is 2.43 bits per heavy atom. The van der Waals surface area contributed by atoms with Crippen LogP contribution in [0.15, 0.2) is 53.1 Å². The van der Waals surface area contributed by atoms with Gasteiger partial charge in [-0.1, -0.05) is 35.0 Å². The lowest BCUT2D eigenvalue weighted by molar-refractivity contribution is 0.121. The van der Waals surface area contributed by atoms with Gasteiger partial charge >= 0.3 is 12.2 Å². The SMILES string of the molecule is COC(=O)Nc1ccc(-c2onc(C)c2NC(=O)OC(C)c2ccccc2Cl)cc1. The number of carbonyl (C=O) groups excluding carboxylic acids is 2. The molecule has 2 aromatic carbocycles. The van der Waals surface area contributed by atoms with E-state index in [4.69, 9.17) is 20.9 Å². The van der Waals surface area contributed by atoms with Gasteiger partial charge in [-0.15, -0.1) is 0 Å². The summed E-state index contributed by atoms with van der Waals surface area (Å²) in [6.07, 6.45) is -1.79. The first kappa shape index (κ1) is 21.2. The first-order chi connectivity index (χ1) is 14.4. The fourth-order valence-corrected chi connectivity index (χ4v) is 3.04. The lowest BCUT2D eigenvalue weighted by atomic mass is 10.1. The van der Waals surface area contributed by atoms with Crippen molar-refractivity contribution in [2.45, 2.75) is 20.0 Å². The van der Waals surface area contributed by atoms with Crippen LogP contribution in [-0.4, -0.2) is 24.5 Å². The molecule has 0 aliphatic rings. The molecule has 0 saturated heterocycles. The quantitative estimate of drug-likeness (QED) is 0.532. The van der Waals surface area contributed by atoms with Gasteiger partial charge in [-0.3, -0.25) is 10.6 Å². The van der Waals surface area contributed by atoms with Gasteiger partial charge in [-0.2, -0.15) is 0 Å². The van der Waals surface area contributed by atoms with E-state index in [-0.39, 0.29) is 0 Å². The maximum Gasteiger partial charge on any atom is 0.412 e. The van der Waals surface area contributed by atoms with Crippen molar-refractivity contribution in [3.05, 3.63) is 64.8 Å². The third-order valence-electron chi connectivity index (χ3n) is 4.30. The predicted molar refractivity (Wildman–Crippen MR) is 113 cm³/mol. The van der Waals surface area contributed by atoms with Gasteiger partial charge in [0.05, 0.1) is 7.11 Å². The van der Waals surface area contributed by atoms with Crippen LogP contribution in [-0.2, 0) is 9.47 Å². The van der Waals surface area contributed by atoms with Gasteiger partial charge in [0.15, 0.2) is 5.76 Å². The van der Waals surface area contributed by atoms with Crippen LogP contribution in [0.3, 0.4) is 0 Å². The van der Waals surface area contributed by atoms with Gasteiger partial charge in [0.2, 0.25) is 0 Å². The number of hydrogen-bond acceptors (Lipinski definition) is 6. The molecule has 0 fully saturated rings. The number of hydrogen-bond donors (Lipinski definition) is 2. The van der Waals surface area contributed by atoms with Crippen LogP contribution in [0, 0.1) is 6.92 Å².